The van der Waals surface area contributed by atoms with Gasteiger partial charge in [-0.1, -0.05) is 18.2 Å². The van der Waals surface area contributed by atoms with Crippen LogP contribution in [-0.2, 0) is 17.8 Å². The van der Waals surface area contributed by atoms with Crippen molar-refractivity contribution in [1.29, 1.82) is 0 Å². The normalized spacial score (nSPS) is 14.4. The van der Waals surface area contributed by atoms with Gasteiger partial charge in [0.2, 0.25) is 5.91 Å². The highest BCUT2D eigenvalue weighted by atomic mass is 16.4. The van der Waals surface area contributed by atoms with Gasteiger partial charge in [-0.2, -0.15) is 0 Å². The minimum Gasteiger partial charge on any atom is -0.478 e. The number of carbonyl (C=O) groups is 2. The van der Waals surface area contributed by atoms with Crippen molar-refractivity contribution >= 4 is 11.9 Å². The number of nitrogens with one attached hydrogen (secondary N) is 1. The van der Waals surface area contributed by atoms with Crippen molar-refractivity contribution in [3.8, 4) is 0 Å². The van der Waals surface area contributed by atoms with Crippen LogP contribution in [0.15, 0.2) is 30.9 Å². The maximum atomic E-state index is 11.7. The number of benzene rings is 1. The maximum absolute atomic E-state index is 11.7. The van der Waals surface area contributed by atoms with E-state index in [-0.39, 0.29) is 5.91 Å². The molecular formula is C15H18N2O3. The number of carboxylic acids is 1. The molecule has 5 heteroatoms. The summed E-state index contributed by atoms with van der Waals surface area (Å²) in [5.41, 5.74) is 2.26. The Morgan fingerprint density at radius 1 is 1.45 bits per heavy atom. The Kier molecular flexibility index (Phi) is 4.53. The van der Waals surface area contributed by atoms with Gasteiger partial charge in [-0.05, 0) is 23.6 Å². The zero-order valence-corrected chi connectivity index (χ0v) is 11.3. The summed E-state index contributed by atoms with van der Waals surface area (Å²) in [6.45, 7) is 5.64. The van der Waals surface area contributed by atoms with E-state index in [4.69, 9.17) is 5.11 Å². The first kappa shape index (κ1) is 14.3. The van der Waals surface area contributed by atoms with Gasteiger partial charge in [-0.3, -0.25) is 9.69 Å². The molecule has 1 aromatic rings. The second-order valence-electron chi connectivity index (χ2n) is 4.80. The number of amides is 1. The lowest BCUT2D eigenvalue weighted by Gasteiger charge is -2.28. The molecule has 0 spiro atoms. The third kappa shape index (κ3) is 3.24. The van der Waals surface area contributed by atoms with E-state index in [1.165, 1.54) is 0 Å². The summed E-state index contributed by atoms with van der Waals surface area (Å²) in [7, 11) is 0. The Morgan fingerprint density at radius 2 is 2.25 bits per heavy atom. The number of carbonyl (C=O) groups excluding carboxylic acids is 1. The molecule has 1 aliphatic rings. The van der Waals surface area contributed by atoms with Crippen LogP contribution >= 0.6 is 0 Å². The molecule has 5 nitrogen and oxygen atoms in total. The molecule has 20 heavy (non-hydrogen) atoms. The first-order valence-corrected chi connectivity index (χ1v) is 6.56. The number of rotatable bonds is 5. The Labute approximate surface area is 117 Å². The van der Waals surface area contributed by atoms with E-state index >= 15 is 0 Å². The van der Waals surface area contributed by atoms with Gasteiger partial charge >= 0.3 is 5.97 Å². The van der Waals surface area contributed by atoms with Crippen LogP contribution in [-0.4, -0.2) is 41.5 Å². The molecule has 0 unspecified atom stereocenters. The molecule has 0 aromatic heterocycles. The lowest BCUT2D eigenvalue weighted by molar-refractivity contribution is -0.122. The highest BCUT2D eigenvalue weighted by molar-refractivity contribution is 5.90. The first-order valence-electron chi connectivity index (χ1n) is 6.56. The zero-order valence-electron chi connectivity index (χ0n) is 11.3. The number of aromatic carboxylic acids is 1. The highest BCUT2D eigenvalue weighted by Crippen LogP contribution is 2.22. The quantitative estimate of drug-likeness (QED) is 0.787. The molecule has 1 aliphatic heterocycles. The fourth-order valence-corrected chi connectivity index (χ4v) is 2.45. The number of carboxylic acid groups (broad SMARTS) is 1. The van der Waals surface area contributed by atoms with Gasteiger partial charge in [-0.15, -0.1) is 6.58 Å². The van der Waals surface area contributed by atoms with Crippen LogP contribution in [0.4, 0.5) is 0 Å². The molecule has 0 saturated carbocycles. The number of nitrogens with zero attached hydrogens (tertiary/aromatic N) is 1. The average Bonchev–Trinajstić information content (AvgIpc) is 2.44. The maximum Gasteiger partial charge on any atom is 0.335 e. The van der Waals surface area contributed by atoms with E-state index in [1.54, 1.807) is 18.2 Å². The summed E-state index contributed by atoms with van der Waals surface area (Å²) < 4.78 is 0. The summed E-state index contributed by atoms with van der Waals surface area (Å²) in [5.74, 6) is -0.929. The zero-order chi connectivity index (χ0) is 14.5. The van der Waals surface area contributed by atoms with E-state index in [9.17, 15) is 9.59 Å². The van der Waals surface area contributed by atoms with Gasteiger partial charge in [-0.25, -0.2) is 4.79 Å². The molecule has 0 atom stereocenters. The fraction of sp³-hybridized carbons (Fsp3) is 0.333. The standard InChI is InChI=1S/C15H18N2O3/c1-2-7-16-14(18)10-17-8-6-12-11(9-17)4-3-5-13(12)15(19)20/h2-5H,1,6-10H2,(H,16,18)(H,19,20). The highest BCUT2D eigenvalue weighted by Gasteiger charge is 2.22. The van der Waals surface area contributed by atoms with Crippen LogP contribution in [0.1, 0.15) is 21.5 Å². The molecule has 1 amide bonds. The average molecular weight is 274 g/mol. The second-order valence-corrected chi connectivity index (χ2v) is 4.80. The van der Waals surface area contributed by atoms with Crippen molar-refractivity contribution in [1.82, 2.24) is 10.2 Å². The molecular weight excluding hydrogens is 256 g/mol. The lowest BCUT2D eigenvalue weighted by Crippen LogP contribution is -2.40. The Hall–Kier alpha value is -2.14. The van der Waals surface area contributed by atoms with Gasteiger partial charge in [0.05, 0.1) is 12.1 Å². The monoisotopic (exact) mass is 274 g/mol. The minimum atomic E-state index is -0.890. The topological polar surface area (TPSA) is 69.6 Å². The number of hydrogen-bond acceptors (Lipinski definition) is 3. The Morgan fingerprint density at radius 3 is 2.95 bits per heavy atom. The van der Waals surface area contributed by atoms with Crippen molar-refractivity contribution in [2.24, 2.45) is 0 Å². The van der Waals surface area contributed by atoms with Crippen molar-refractivity contribution in [2.45, 2.75) is 13.0 Å². The van der Waals surface area contributed by atoms with Gasteiger partial charge in [0.15, 0.2) is 0 Å². The molecule has 1 aromatic carbocycles. The lowest BCUT2D eigenvalue weighted by atomic mass is 9.94. The van der Waals surface area contributed by atoms with Crippen LogP contribution in [0.3, 0.4) is 0 Å². The van der Waals surface area contributed by atoms with Crippen molar-refractivity contribution < 1.29 is 14.7 Å². The van der Waals surface area contributed by atoms with Crippen LogP contribution in [0, 0.1) is 0 Å². The summed E-state index contributed by atoms with van der Waals surface area (Å²) in [5, 5.41) is 11.9. The predicted molar refractivity (Wildman–Crippen MR) is 75.6 cm³/mol. The van der Waals surface area contributed by atoms with Gasteiger partial charge in [0, 0.05) is 19.6 Å². The molecule has 1 heterocycles. The summed E-state index contributed by atoms with van der Waals surface area (Å²) in [6.07, 6.45) is 2.30. The number of hydrogen-bond donors (Lipinski definition) is 2. The van der Waals surface area contributed by atoms with E-state index < -0.39 is 5.97 Å². The summed E-state index contributed by atoms with van der Waals surface area (Å²) >= 11 is 0. The van der Waals surface area contributed by atoms with Crippen molar-refractivity contribution in [3.05, 3.63) is 47.5 Å². The van der Waals surface area contributed by atoms with Crippen LogP contribution in [0.2, 0.25) is 0 Å². The molecule has 0 radical (unpaired) electrons. The fourth-order valence-electron chi connectivity index (χ4n) is 2.45. The number of fused-ring (bicyclic) bond motifs is 1. The second kappa shape index (κ2) is 6.34. The summed E-state index contributed by atoms with van der Waals surface area (Å²) in [6, 6.07) is 5.31. The first-order chi connectivity index (χ1) is 9.61. The largest absolute Gasteiger partial charge is 0.478 e. The molecule has 0 fully saturated rings. The Bertz CT molecular complexity index is 540. The third-order valence-electron chi connectivity index (χ3n) is 3.39. The molecule has 0 saturated heterocycles. The Balaban J connectivity index is 2.04. The predicted octanol–water partition coefficient (Wildman–Crippen LogP) is 1.05. The molecule has 2 N–H and O–H groups in total. The minimum absolute atomic E-state index is 0.0391. The third-order valence-corrected chi connectivity index (χ3v) is 3.39. The van der Waals surface area contributed by atoms with E-state index in [0.717, 1.165) is 11.1 Å². The van der Waals surface area contributed by atoms with Crippen molar-refractivity contribution in [3.63, 3.8) is 0 Å². The van der Waals surface area contributed by atoms with Gasteiger partial charge < -0.3 is 10.4 Å². The van der Waals surface area contributed by atoms with Crippen LogP contribution in [0.5, 0.6) is 0 Å². The van der Waals surface area contributed by atoms with E-state index in [0.29, 0.717) is 38.2 Å². The van der Waals surface area contributed by atoms with E-state index in [1.807, 2.05) is 11.0 Å². The SMILES string of the molecule is C=CCNC(=O)CN1CCc2c(cccc2C(=O)O)C1. The molecule has 0 bridgehead atoms. The molecule has 2 rings (SSSR count). The smallest absolute Gasteiger partial charge is 0.335 e. The van der Waals surface area contributed by atoms with Crippen LogP contribution < -0.4 is 5.32 Å². The molecule has 106 valence electrons. The van der Waals surface area contributed by atoms with Gasteiger partial charge in [0.1, 0.15) is 0 Å². The van der Waals surface area contributed by atoms with E-state index in [2.05, 4.69) is 11.9 Å². The molecule has 0 aliphatic carbocycles. The summed E-state index contributed by atoms with van der Waals surface area (Å²) in [4.78, 5) is 24.8. The van der Waals surface area contributed by atoms with Crippen molar-refractivity contribution in [2.75, 3.05) is 19.6 Å². The van der Waals surface area contributed by atoms with Gasteiger partial charge in [0.25, 0.3) is 0 Å². The van der Waals surface area contributed by atoms with Crippen LogP contribution in [0.25, 0.3) is 0 Å².